The molecule has 1 amide bonds. The molecule has 2 heterocycles. The molecule has 82 valence electrons. The monoisotopic (exact) mass is 209 g/mol. The standard InChI is InChI=1S/C11H15NO3/c1-11(2)8-12(5-7-15-11)10(13)9-4-3-6-14-9/h3-4,6H,5,7-8H2,1-2H3. The van der Waals surface area contributed by atoms with E-state index in [-0.39, 0.29) is 11.5 Å². The predicted molar refractivity (Wildman–Crippen MR) is 54.6 cm³/mol. The summed E-state index contributed by atoms with van der Waals surface area (Å²) in [5.41, 5.74) is -0.263. The lowest BCUT2D eigenvalue weighted by Crippen LogP contribution is -2.50. The number of ether oxygens (including phenoxy) is 1. The van der Waals surface area contributed by atoms with Crippen LogP contribution in [0.15, 0.2) is 22.8 Å². The topological polar surface area (TPSA) is 42.7 Å². The van der Waals surface area contributed by atoms with Crippen molar-refractivity contribution in [3.8, 4) is 0 Å². The SMILES string of the molecule is CC1(C)CN(C(=O)c2ccco2)CCO1. The van der Waals surface area contributed by atoms with Gasteiger partial charge in [0.2, 0.25) is 0 Å². The van der Waals surface area contributed by atoms with Crippen molar-refractivity contribution in [1.29, 1.82) is 0 Å². The van der Waals surface area contributed by atoms with Crippen LogP contribution >= 0.6 is 0 Å². The fourth-order valence-corrected chi connectivity index (χ4v) is 1.75. The molecule has 0 radical (unpaired) electrons. The Morgan fingerprint density at radius 3 is 2.93 bits per heavy atom. The van der Waals surface area contributed by atoms with Gasteiger partial charge < -0.3 is 14.1 Å². The summed E-state index contributed by atoms with van der Waals surface area (Å²) in [6.07, 6.45) is 1.51. The van der Waals surface area contributed by atoms with Gasteiger partial charge in [0.05, 0.1) is 18.5 Å². The Morgan fingerprint density at radius 2 is 2.33 bits per heavy atom. The Bertz CT molecular complexity index is 343. The summed E-state index contributed by atoms with van der Waals surface area (Å²) in [5.74, 6) is 0.337. The van der Waals surface area contributed by atoms with E-state index in [9.17, 15) is 4.79 Å². The predicted octanol–water partition coefficient (Wildman–Crippen LogP) is 1.53. The van der Waals surface area contributed by atoms with Crippen LogP contribution in [-0.2, 0) is 4.74 Å². The second kappa shape index (κ2) is 3.70. The van der Waals surface area contributed by atoms with E-state index in [0.29, 0.717) is 25.5 Å². The molecule has 4 heteroatoms. The van der Waals surface area contributed by atoms with E-state index < -0.39 is 0 Å². The Hall–Kier alpha value is -1.29. The van der Waals surface area contributed by atoms with Crippen molar-refractivity contribution >= 4 is 5.91 Å². The number of carbonyl (C=O) groups excluding carboxylic acids is 1. The molecule has 0 bridgehead atoms. The van der Waals surface area contributed by atoms with Gasteiger partial charge in [0, 0.05) is 13.1 Å². The van der Waals surface area contributed by atoms with E-state index in [1.807, 2.05) is 13.8 Å². The van der Waals surface area contributed by atoms with Gasteiger partial charge in [-0.05, 0) is 26.0 Å². The molecule has 1 aliphatic rings. The first-order chi connectivity index (χ1) is 7.08. The molecule has 0 saturated carbocycles. The molecule has 1 aromatic heterocycles. The third-order valence-corrected chi connectivity index (χ3v) is 2.44. The third kappa shape index (κ3) is 2.21. The molecule has 1 aromatic rings. The van der Waals surface area contributed by atoms with Gasteiger partial charge in [-0.25, -0.2) is 0 Å². The Morgan fingerprint density at radius 1 is 1.53 bits per heavy atom. The molecule has 15 heavy (non-hydrogen) atoms. The molecule has 0 aliphatic carbocycles. The molecule has 0 unspecified atom stereocenters. The summed E-state index contributed by atoms with van der Waals surface area (Å²) in [5, 5.41) is 0. The summed E-state index contributed by atoms with van der Waals surface area (Å²) < 4.78 is 10.6. The van der Waals surface area contributed by atoms with Crippen molar-refractivity contribution in [1.82, 2.24) is 4.90 Å². The Balaban J connectivity index is 2.08. The summed E-state index contributed by atoms with van der Waals surface area (Å²) in [7, 11) is 0. The zero-order chi connectivity index (χ0) is 10.9. The van der Waals surface area contributed by atoms with Gasteiger partial charge in [-0.1, -0.05) is 0 Å². The largest absolute Gasteiger partial charge is 0.459 e. The first kappa shape index (κ1) is 10.2. The molecule has 1 fully saturated rings. The lowest BCUT2D eigenvalue weighted by molar-refractivity contribution is -0.0769. The van der Waals surface area contributed by atoms with E-state index in [1.165, 1.54) is 6.26 Å². The number of hydrogen-bond donors (Lipinski definition) is 0. The molecule has 0 spiro atoms. The maximum atomic E-state index is 11.9. The highest BCUT2D eigenvalue weighted by Crippen LogP contribution is 2.18. The summed E-state index contributed by atoms with van der Waals surface area (Å²) in [6.45, 7) is 5.78. The van der Waals surface area contributed by atoms with E-state index in [1.54, 1.807) is 17.0 Å². The van der Waals surface area contributed by atoms with Crippen LogP contribution in [0.2, 0.25) is 0 Å². The Kier molecular flexibility index (Phi) is 2.52. The maximum absolute atomic E-state index is 11.9. The van der Waals surface area contributed by atoms with Gasteiger partial charge in [-0.15, -0.1) is 0 Å². The van der Waals surface area contributed by atoms with E-state index in [2.05, 4.69) is 0 Å². The fourth-order valence-electron chi connectivity index (χ4n) is 1.75. The van der Waals surface area contributed by atoms with Gasteiger partial charge in [0.15, 0.2) is 5.76 Å². The number of hydrogen-bond acceptors (Lipinski definition) is 3. The molecule has 1 saturated heterocycles. The second-order valence-electron chi connectivity index (χ2n) is 4.31. The average molecular weight is 209 g/mol. The van der Waals surface area contributed by atoms with E-state index in [4.69, 9.17) is 9.15 Å². The van der Waals surface area contributed by atoms with Crippen LogP contribution in [0.25, 0.3) is 0 Å². The average Bonchev–Trinajstić information content (AvgIpc) is 2.67. The smallest absolute Gasteiger partial charge is 0.289 e. The van der Waals surface area contributed by atoms with Crippen molar-refractivity contribution in [3.63, 3.8) is 0 Å². The van der Waals surface area contributed by atoms with Crippen LogP contribution in [0.3, 0.4) is 0 Å². The van der Waals surface area contributed by atoms with Gasteiger partial charge in [0.25, 0.3) is 5.91 Å². The molecular formula is C11H15NO3. The number of rotatable bonds is 1. The lowest BCUT2D eigenvalue weighted by atomic mass is 10.1. The van der Waals surface area contributed by atoms with Crippen LogP contribution in [0, 0.1) is 0 Å². The van der Waals surface area contributed by atoms with E-state index >= 15 is 0 Å². The van der Waals surface area contributed by atoms with Gasteiger partial charge in [-0.3, -0.25) is 4.79 Å². The molecule has 1 aliphatic heterocycles. The summed E-state index contributed by atoms with van der Waals surface area (Å²) in [4.78, 5) is 13.7. The fraction of sp³-hybridized carbons (Fsp3) is 0.545. The second-order valence-corrected chi connectivity index (χ2v) is 4.31. The molecule has 4 nitrogen and oxygen atoms in total. The highest BCUT2D eigenvalue weighted by molar-refractivity contribution is 5.91. The zero-order valence-electron chi connectivity index (χ0n) is 9.03. The van der Waals surface area contributed by atoms with Crippen molar-refractivity contribution in [2.75, 3.05) is 19.7 Å². The highest BCUT2D eigenvalue weighted by Gasteiger charge is 2.31. The summed E-state index contributed by atoms with van der Waals surface area (Å²) in [6, 6.07) is 3.41. The molecule has 0 aromatic carbocycles. The lowest BCUT2D eigenvalue weighted by Gasteiger charge is -2.37. The van der Waals surface area contributed by atoms with Crippen LogP contribution in [-0.4, -0.2) is 36.1 Å². The summed E-state index contributed by atoms with van der Waals surface area (Å²) >= 11 is 0. The van der Waals surface area contributed by atoms with Crippen molar-refractivity contribution in [2.45, 2.75) is 19.4 Å². The number of carbonyl (C=O) groups is 1. The van der Waals surface area contributed by atoms with Crippen molar-refractivity contribution < 1.29 is 13.9 Å². The number of furan rings is 1. The van der Waals surface area contributed by atoms with E-state index in [0.717, 1.165) is 0 Å². The highest BCUT2D eigenvalue weighted by atomic mass is 16.5. The Labute approximate surface area is 88.8 Å². The van der Waals surface area contributed by atoms with Gasteiger partial charge in [-0.2, -0.15) is 0 Å². The normalized spacial score (nSPS) is 20.3. The van der Waals surface area contributed by atoms with Crippen LogP contribution in [0.1, 0.15) is 24.4 Å². The molecule has 0 N–H and O–H groups in total. The molecular weight excluding hydrogens is 194 g/mol. The quantitative estimate of drug-likeness (QED) is 0.704. The van der Waals surface area contributed by atoms with Gasteiger partial charge in [0.1, 0.15) is 0 Å². The maximum Gasteiger partial charge on any atom is 0.289 e. The van der Waals surface area contributed by atoms with Crippen LogP contribution < -0.4 is 0 Å². The van der Waals surface area contributed by atoms with Gasteiger partial charge >= 0.3 is 0 Å². The first-order valence-corrected chi connectivity index (χ1v) is 5.05. The first-order valence-electron chi connectivity index (χ1n) is 5.05. The number of nitrogens with zero attached hydrogens (tertiary/aromatic N) is 1. The van der Waals surface area contributed by atoms with Crippen LogP contribution in [0.5, 0.6) is 0 Å². The van der Waals surface area contributed by atoms with Crippen LogP contribution in [0.4, 0.5) is 0 Å². The zero-order valence-corrected chi connectivity index (χ0v) is 9.03. The number of morpholine rings is 1. The van der Waals surface area contributed by atoms with Crippen molar-refractivity contribution in [3.05, 3.63) is 24.2 Å². The molecule has 2 rings (SSSR count). The van der Waals surface area contributed by atoms with Crippen molar-refractivity contribution in [2.24, 2.45) is 0 Å². The minimum absolute atomic E-state index is 0.0589. The minimum atomic E-state index is -0.263. The third-order valence-electron chi connectivity index (χ3n) is 2.44. The molecule has 0 atom stereocenters. The number of amides is 1. The minimum Gasteiger partial charge on any atom is -0.459 e.